The molecule has 48 heavy (non-hydrogen) atoms. The third kappa shape index (κ3) is 6.51. The lowest BCUT2D eigenvalue weighted by atomic mass is 10.0. The molecule has 1 N–H and O–H groups in total. The standard InChI is InChI=1S/C16H7BF6O3.C12F10/c18-7-3-9-13(2-1-10(20)15(9)11(21)4-7)25-17(24)26-14-6-8(19)5-12(22)16(14)23;13-3-1(4(14)8(18)11(21)7(3)17)2-5(15)9(19)12(22)10(20)6(2)16/h1-6,24H;. The molecule has 5 aromatic rings. The van der Waals surface area contributed by atoms with E-state index in [1.54, 1.807) is 0 Å². The molecule has 0 bridgehead atoms. The van der Waals surface area contributed by atoms with Crippen LogP contribution >= 0.6 is 0 Å². The van der Waals surface area contributed by atoms with E-state index in [2.05, 4.69) is 4.65 Å². The highest BCUT2D eigenvalue weighted by atomic mass is 19.2. The molecule has 0 aromatic heterocycles. The second kappa shape index (κ2) is 13.5. The molecule has 0 spiro atoms. The van der Waals surface area contributed by atoms with Crippen LogP contribution in [-0.2, 0) is 0 Å². The third-order valence-electron chi connectivity index (χ3n) is 6.03. The maximum atomic E-state index is 13.8. The van der Waals surface area contributed by atoms with Crippen LogP contribution in [-0.4, -0.2) is 12.3 Å². The lowest BCUT2D eigenvalue weighted by molar-refractivity contribution is 0.288. The first-order valence-corrected chi connectivity index (χ1v) is 12.1. The second-order valence-electron chi connectivity index (χ2n) is 8.99. The van der Waals surface area contributed by atoms with Gasteiger partial charge in [-0.25, -0.2) is 65.9 Å². The van der Waals surface area contributed by atoms with Crippen LogP contribution in [0.15, 0.2) is 36.4 Å². The summed E-state index contributed by atoms with van der Waals surface area (Å²) in [4.78, 5) is 0. The SMILES string of the molecule is Fc1c(F)c(F)c(-c2c(F)c(F)c(F)c(F)c2F)c(F)c1F.OB(Oc1cc(F)cc(F)c1F)Oc1ccc(F)c2c(F)cc(F)cc12. The van der Waals surface area contributed by atoms with Crippen LogP contribution in [0.25, 0.3) is 21.9 Å². The summed E-state index contributed by atoms with van der Waals surface area (Å²) in [5.41, 5.74) is -4.52. The van der Waals surface area contributed by atoms with Crippen molar-refractivity contribution in [2.24, 2.45) is 0 Å². The van der Waals surface area contributed by atoms with Gasteiger partial charge in [0, 0.05) is 23.6 Å². The van der Waals surface area contributed by atoms with Gasteiger partial charge in [0.1, 0.15) is 34.8 Å². The molecule has 0 aliphatic rings. The number of hydrogen-bond acceptors (Lipinski definition) is 3. The van der Waals surface area contributed by atoms with Crippen LogP contribution in [0, 0.1) is 93.1 Å². The molecule has 0 saturated heterocycles. The smallest absolute Gasteiger partial charge is 0.500 e. The van der Waals surface area contributed by atoms with Gasteiger partial charge in [-0.1, -0.05) is 0 Å². The predicted octanol–water partition coefficient (Wildman–Crippen LogP) is 8.85. The van der Waals surface area contributed by atoms with Gasteiger partial charge in [-0.15, -0.1) is 0 Å². The molecule has 0 fully saturated rings. The highest BCUT2D eigenvalue weighted by Crippen LogP contribution is 2.37. The first-order valence-electron chi connectivity index (χ1n) is 12.1. The monoisotopic (exact) mass is 706 g/mol. The molecular formula is C28H7BF16O3. The molecule has 3 nitrogen and oxygen atoms in total. The number of fused-ring (bicyclic) bond motifs is 1. The topological polar surface area (TPSA) is 38.7 Å². The van der Waals surface area contributed by atoms with Gasteiger partial charge in [0.2, 0.25) is 11.6 Å². The van der Waals surface area contributed by atoms with E-state index in [9.17, 15) is 75.3 Å². The summed E-state index contributed by atoms with van der Waals surface area (Å²) in [6.45, 7) is 0. The van der Waals surface area contributed by atoms with Crippen molar-refractivity contribution in [3.63, 3.8) is 0 Å². The van der Waals surface area contributed by atoms with Crippen molar-refractivity contribution >= 4 is 18.1 Å². The van der Waals surface area contributed by atoms with Crippen molar-refractivity contribution in [3.05, 3.63) is 129 Å². The molecule has 0 heterocycles. The number of halogens is 16. The Morgan fingerprint density at radius 1 is 0.396 bits per heavy atom. The summed E-state index contributed by atoms with van der Waals surface area (Å²) < 4.78 is 221. The number of hydrogen-bond donors (Lipinski definition) is 1. The maximum absolute atomic E-state index is 13.8. The highest BCUT2D eigenvalue weighted by Gasteiger charge is 2.34. The summed E-state index contributed by atoms with van der Waals surface area (Å²) >= 11 is 0. The van der Waals surface area contributed by atoms with Crippen LogP contribution in [0.3, 0.4) is 0 Å². The van der Waals surface area contributed by atoms with Gasteiger partial charge in [0.15, 0.2) is 58.2 Å². The van der Waals surface area contributed by atoms with Gasteiger partial charge >= 0.3 is 7.32 Å². The molecule has 0 saturated carbocycles. The molecule has 0 amide bonds. The van der Waals surface area contributed by atoms with E-state index in [0.29, 0.717) is 12.1 Å². The minimum Gasteiger partial charge on any atom is -0.500 e. The first kappa shape index (κ1) is 35.7. The van der Waals surface area contributed by atoms with E-state index in [1.807, 2.05) is 0 Å². The molecule has 0 aliphatic carbocycles. The van der Waals surface area contributed by atoms with Crippen LogP contribution in [0.4, 0.5) is 70.2 Å². The molecule has 20 heteroatoms. The van der Waals surface area contributed by atoms with E-state index < -0.39 is 128 Å². The Morgan fingerprint density at radius 2 is 0.792 bits per heavy atom. The summed E-state index contributed by atoms with van der Waals surface area (Å²) in [7, 11) is -2.31. The summed E-state index contributed by atoms with van der Waals surface area (Å²) in [6, 6.07) is 3.63. The predicted molar refractivity (Wildman–Crippen MR) is 131 cm³/mol. The zero-order valence-electron chi connectivity index (χ0n) is 22.4. The Labute approximate surface area is 255 Å². The normalized spacial score (nSPS) is 11.0. The van der Waals surface area contributed by atoms with Crippen LogP contribution in [0.5, 0.6) is 11.5 Å². The van der Waals surface area contributed by atoms with E-state index in [-0.39, 0.29) is 11.5 Å². The van der Waals surface area contributed by atoms with Gasteiger partial charge in [-0.2, -0.15) is 4.39 Å². The van der Waals surface area contributed by atoms with Gasteiger partial charge in [-0.3, -0.25) is 0 Å². The Hall–Kier alpha value is -5.14. The molecule has 0 radical (unpaired) electrons. The minimum absolute atomic E-state index is 0.258. The Bertz CT molecular complexity index is 1970. The summed E-state index contributed by atoms with van der Waals surface area (Å²) in [5.74, 6) is -35.7. The molecule has 0 atom stereocenters. The lowest BCUT2D eigenvalue weighted by Gasteiger charge is -2.14. The van der Waals surface area contributed by atoms with Gasteiger partial charge in [0.05, 0.1) is 16.5 Å². The zero-order chi connectivity index (χ0) is 35.9. The van der Waals surface area contributed by atoms with Crippen molar-refractivity contribution in [2.75, 3.05) is 0 Å². The molecule has 0 aliphatic heterocycles. The number of benzene rings is 5. The van der Waals surface area contributed by atoms with E-state index in [4.69, 9.17) is 4.65 Å². The Kier molecular flexibility index (Phi) is 10.1. The average Bonchev–Trinajstić information content (AvgIpc) is 3.02. The van der Waals surface area contributed by atoms with E-state index in [0.717, 1.165) is 18.2 Å². The maximum Gasteiger partial charge on any atom is 0.785 e. The Balaban J connectivity index is 0.000000220. The van der Waals surface area contributed by atoms with Crippen LogP contribution in [0.1, 0.15) is 0 Å². The lowest BCUT2D eigenvalue weighted by Crippen LogP contribution is -2.30. The van der Waals surface area contributed by atoms with Crippen LogP contribution in [0.2, 0.25) is 0 Å². The fourth-order valence-electron chi connectivity index (χ4n) is 3.94. The van der Waals surface area contributed by atoms with Crippen molar-refractivity contribution in [1.29, 1.82) is 0 Å². The highest BCUT2D eigenvalue weighted by molar-refractivity contribution is 6.37. The molecule has 5 aromatic carbocycles. The van der Waals surface area contributed by atoms with Gasteiger partial charge in [-0.05, 0) is 18.2 Å². The largest absolute Gasteiger partial charge is 0.785 e. The van der Waals surface area contributed by atoms with E-state index in [1.165, 1.54) is 0 Å². The fourth-order valence-corrected chi connectivity index (χ4v) is 3.94. The zero-order valence-corrected chi connectivity index (χ0v) is 22.4. The first-order chi connectivity index (χ1) is 22.4. The molecular weight excluding hydrogens is 699 g/mol. The van der Waals surface area contributed by atoms with Gasteiger partial charge in [0.25, 0.3) is 0 Å². The average molecular weight is 706 g/mol. The van der Waals surface area contributed by atoms with Crippen LogP contribution < -0.4 is 9.31 Å². The van der Waals surface area contributed by atoms with E-state index >= 15 is 0 Å². The molecule has 0 unspecified atom stereocenters. The third-order valence-corrected chi connectivity index (χ3v) is 6.03. The minimum atomic E-state index is -2.68. The van der Waals surface area contributed by atoms with Crippen molar-refractivity contribution < 1.29 is 84.6 Å². The van der Waals surface area contributed by atoms with Crippen molar-refractivity contribution in [1.82, 2.24) is 0 Å². The molecule has 252 valence electrons. The van der Waals surface area contributed by atoms with Gasteiger partial charge < -0.3 is 14.3 Å². The van der Waals surface area contributed by atoms with Crippen molar-refractivity contribution in [3.8, 4) is 22.6 Å². The quantitative estimate of drug-likeness (QED) is 0.0860. The second-order valence-corrected chi connectivity index (χ2v) is 8.99. The Morgan fingerprint density at radius 3 is 1.27 bits per heavy atom. The molecule has 5 rings (SSSR count). The summed E-state index contributed by atoms with van der Waals surface area (Å²) in [6.07, 6.45) is 0. The number of rotatable bonds is 5. The fraction of sp³-hybridized carbons (Fsp3) is 0. The summed E-state index contributed by atoms with van der Waals surface area (Å²) in [5, 5.41) is 8.70. The van der Waals surface area contributed by atoms with Crippen molar-refractivity contribution in [2.45, 2.75) is 0 Å².